The molecule has 0 aromatic heterocycles. The second-order valence-corrected chi connectivity index (χ2v) is 20.5. The molecule has 0 spiro atoms. The molecule has 14 heteroatoms. The smallest absolute Gasteiger partial charge is 0.462 e. The Hall–Kier alpha value is -1.67. The number of ether oxygens (including phenoxy) is 3. The van der Waals surface area contributed by atoms with Gasteiger partial charge in [-0.15, -0.1) is 0 Å². The monoisotopic (exact) mass is 933 g/mol. The van der Waals surface area contributed by atoms with Gasteiger partial charge in [0.2, 0.25) is 0 Å². The maximum Gasteiger partial charge on any atom is 0.472 e. The number of likely N-dealkylation sites (N-methyl/N-ethyl adjacent to an activating group) is 1. The first kappa shape index (κ1) is 60.3. The predicted molar refractivity (Wildman–Crippen MR) is 255 cm³/mol. The molecule has 1 heterocycles. The predicted octanol–water partition coefficient (Wildman–Crippen LogP) is 10.8. The molecule has 1 rings (SSSR count). The molecule has 64 heavy (non-hydrogen) atoms. The Labute approximate surface area is 389 Å². The first-order valence-electron chi connectivity index (χ1n) is 25.5. The van der Waals surface area contributed by atoms with Gasteiger partial charge in [-0.25, -0.2) is 4.57 Å². The molecule has 4 N–H and O–H groups in total. The average Bonchev–Trinajstić information content (AvgIpc) is 3.23. The summed E-state index contributed by atoms with van der Waals surface area (Å²) in [4.78, 5) is 35.7. The summed E-state index contributed by atoms with van der Waals surface area (Å²) in [5.74, 6) is -1.29. The zero-order chi connectivity index (χ0) is 47.3. The van der Waals surface area contributed by atoms with Gasteiger partial charge < -0.3 is 38.9 Å². The second-order valence-electron chi connectivity index (χ2n) is 19.1. The molecule has 0 aromatic carbocycles. The third-order valence-corrected chi connectivity index (χ3v) is 12.8. The van der Waals surface area contributed by atoms with Crippen molar-refractivity contribution in [3.8, 4) is 0 Å². The SMILES string of the molecule is CCCCCCCCCCCCCCCCCCCCCC(=O)O[C@H](COC(=O)CCC/C=C\C[C@H]1[C@@H](O)CC(O)O[C@@H]1/C=C/[C@@H](O)CCCCC)COP(=O)(O)OCC[N+](C)(C)C. The molecule has 13 nitrogen and oxygen atoms in total. The van der Waals surface area contributed by atoms with Gasteiger partial charge in [0.25, 0.3) is 0 Å². The quantitative estimate of drug-likeness (QED) is 0.0150. The van der Waals surface area contributed by atoms with Crippen molar-refractivity contribution in [2.45, 2.75) is 231 Å². The number of carbonyl (C=O) groups excluding carboxylic acids is 2. The summed E-state index contributed by atoms with van der Waals surface area (Å²) >= 11 is 0. The van der Waals surface area contributed by atoms with Crippen LogP contribution in [-0.4, -0.2) is 115 Å². The van der Waals surface area contributed by atoms with Gasteiger partial charge in [-0.1, -0.05) is 173 Å². The molecule has 1 fully saturated rings. The lowest BCUT2D eigenvalue weighted by Crippen LogP contribution is -2.43. The van der Waals surface area contributed by atoms with Gasteiger partial charge in [0.05, 0.1) is 46.1 Å². The molecule has 0 bridgehead atoms. The molecule has 1 saturated heterocycles. The van der Waals surface area contributed by atoms with E-state index in [-0.39, 0.29) is 38.4 Å². The van der Waals surface area contributed by atoms with Crippen LogP contribution >= 0.6 is 7.82 Å². The molecular formula is C50H95NO12P+. The molecular weight excluding hydrogens is 838 g/mol. The van der Waals surface area contributed by atoms with E-state index < -0.39 is 57.1 Å². The molecule has 376 valence electrons. The van der Waals surface area contributed by atoms with Crippen LogP contribution in [0.3, 0.4) is 0 Å². The molecule has 2 unspecified atom stereocenters. The average molecular weight is 933 g/mol. The minimum absolute atomic E-state index is 0.0103. The Morgan fingerprint density at radius 2 is 1.25 bits per heavy atom. The van der Waals surface area contributed by atoms with E-state index in [0.717, 1.165) is 38.5 Å². The van der Waals surface area contributed by atoms with Gasteiger partial charge in [-0.2, -0.15) is 0 Å². The zero-order valence-electron chi connectivity index (χ0n) is 41.1. The number of phosphoric ester groups is 1. The number of aliphatic hydroxyl groups is 3. The number of allylic oxidation sites excluding steroid dienone is 2. The number of hydrogen-bond donors (Lipinski definition) is 4. The molecule has 0 aromatic rings. The highest BCUT2D eigenvalue weighted by atomic mass is 31.2. The number of nitrogens with zero attached hydrogens (tertiary/aromatic N) is 1. The Morgan fingerprint density at radius 1 is 0.719 bits per heavy atom. The van der Waals surface area contributed by atoms with Gasteiger partial charge in [0, 0.05) is 25.2 Å². The molecule has 0 amide bonds. The number of hydrogen-bond acceptors (Lipinski definition) is 11. The van der Waals surface area contributed by atoms with Crippen LogP contribution in [0.15, 0.2) is 24.3 Å². The fourth-order valence-electron chi connectivity index (χ4n) is 7.70. The van der Waals surface area contributed by atoms with Gasteiger partial charge >= 0.3 is 19.8 Å². The van der Waals surface area contributed by atoms with Gasteiger partial charge in [-0.05, 0) is 32.1 Å². The van der Waals surface area contributed by atoms with E-state index >= 15 is 0 Å². The maximum atomic E-state index is 12.8. The second kappa shape index (κ2) is 38.3. The van der Waals surface area contributed by atoms with Crippen LogP contribution in [-0.2, 0) is 37.4 Å². The van der Waals surface area contributed by atoms with Crippen LogP contribution in [0.2, 0.25) is 0 Å². The van der Waals surface area contributed by atoms with E-state index in [1.165, 1.54) is 96.3 Å². The number of aliphatic hydroxyl groups excluding tert-OH is 3. The minimum atomic E-state index is -4.45. The van der Waals surface area contributed by atoms with Gasteiger partial charge in [0.15, 0.2) is 12.4 Å². The Bertz CT molecular complexity index is 1260. The summed E-state index contributed by atoms with van der Waals surface area (Å²) in [5.41, 5.74) is 0. The fraction of sp³-hybridized carbons (Fsp3) is 0.880. The number of quaternary nitrogens is 1. The summed E-state index contributed by atoms with van der Waals surface area (Å²) in [6.07, 6.45) is 32.7. The lowest BCUT2D eigenvalue weighted by molar-refractivity contribution is -0.870. The largest absolute Gasteiger partial charge is 0.472 e. The Balaban J connectivity index is 2.44. The number of unbranched alkanes of at least 4 members (excludes halogenated alkanes) is 21. The van der Waals surface area contributed by atoms with Crippen molar-refractivity contribution in [3.05, 3.63) is 24.3 Å². The topological polar surface area (TPSA) is 178 Å². The van der Waals surface area contributed by atoms with E-state index in [9.17, 15) is 34.4 Å². The highest BCUT2D eigenvalue weighted by Gasteiger charge is 2.35. The summed E-state index contributed by atoms with van der Waals surface area (Å²) in [7, 11) is 1.34. The highest BCUT2D eigenvalue weighted by Crippen LogP contribution is 2.43. The van der Waals surface area contributed by atoms with Crippen LogP contribution in [0.25, 0.3) is 0 Å². The van der Waals surface area contributed by atoms with Gasteiger partial charge in [0.1, 0.15) is 19.8 Å². The summed E-state index contributed by atoms with van der Waals surface area (Å²) in [6, 6.07) is 0. The molecule has 0 saturated carbocycles. The van der Waals surface area contributed by atoms with E-state index in [1.807, 2.05) is 33.3 Å². The Kier molecular flexibility index (Phi) is 36.1. The molecule has 1 aliphatic heterocycles. The van der Waals surface area contributed by atoms with Crippen molar-refractivity contribution in [1.29, 1.82) is 0 Å². The molecule has 1 aliphatic rings. The number of esters is 2. The van der Waals surface area contributed by atoms with E-state index in [2.05, 4.69) is 13.8 Å². The number of rotatable bonds is 42. The van der Waals surface area contributed by atoms with E-state index in [0.29, 0.717) is 43.1 Å². The number of phosphoric acid groups is 1. The van der Waals surface area contributed by atoms with Crippen molar-refractivity contribution < 1.29 is 62.1 Å². The van der Waals surface area contributed by atoms with Crippen molar-refractivity contribution in [2.24, 2.45) is 5.92 Å². The lowest BCUT2D eigenvalue weighted by atomic mass is 9.87. The highest BCUT2D eigenvalue weighted by molar-refractivity contribution is 7.47. The molecule has 0 aliphatic carbocycles. The van der Waals surface area contributed by atoms with Gasteiger partial charge in [-0.3, -0.25) is 18.6 Å². The van der Waals surface area contributed by atoms with Crippen molar-refractivity contribution in [3.63, 3.8) is 0 Å². The molecule has 7 atom stereocenters. The summed E-state index contributed by atoms with van der Waals surface area (Å²) in [6.45, 7) is 4.04. The standard InChI is InChI=1S/C50H94NO12P/c1-6-8-10-11-12-13-14-15-16-17-18-19-20-21-22-23-24-25-31-35-49(55)62-44(42-61-64(57,58)60-39-38-51(3,4)5)41-59-48(54)34-30-27-26-29-33-45-46(53)40-50(56)63-47(45)37-36-43(52)32-28-9-7-2/h26,29,36-37,43-47,50,52-53,56H,6-25,27-28,30-35,38-42H2,1-5H3/p+1/b29-26-,37-36+/t43-,44+,45-,46-,47+,50?/m0/s1. The first-order valence-corrected chi connectivity index (χ1v) is 27.0. The maximum absolute atomic E-state index is 12.8. The summed E-state index contributed by atoms with van der Waals surface area (Å²) < 4.78 is 40.1. The normalized spacial score (nSPS) is 20.1. The number of carbonyl (C=O) groups is 2. The third kappa shape index (κ3) is 35.5. The van der Waals surface area contributed by atoms with Crippen LogP contribution in [0.1, 0.15) is 200 Å². The van der Waals surface area contributed by atoms with E-state index in [4.69, 9.17) is 23.3 Å². The minimum Gasteiger partial charge on any atom is -0.462 e. The van der Waals surface area contributed by atoms with Crippen LogP contribution in [0.4, 0.5) is 0 Å². The fourth-order valence-corrected chi connectivity index (χ4v) is 8.44. The van der Waals surface area contributed by atoms with Crippen molar-refractivity contribution >= 4 is 19.8 Å². The lowest BCUT2D eigenvalue weighted by Gasteiger charge is -2.36. The van der Waals surface area contributed by atoms with Crippen LogP contribution in [0.5, 0.6) is 0 Å². The van der Waals surface area contributed by atoms with Crippen molar-refractivity contribution in [2.75, 3.05) is 47.5 Å². The van der Waals surface area contributed by atoms with Crippen molar-refractivity contribution in [1.82, 2.24) is 0 Å². The Morgan fingerprint density at radius 3 is 1.81 bits per heavy atom. The zero-order valence-corrected chi connectivity index (χ0v) is 42.0. The van der Waals surface area contributed by atoms with Crippen LogP contribution in [0, 0.1) is 5.92 Å². The van der Waals surface area contributed by atoms with E-state index in [1.54, 1.807) is 12.2 Å². The summed E-state index contributed by atoms with van der Waals surface area (Å²) in [5, 5.41) is 31.0. The van der Waals surface area contributed by atoms with Crippen LogP contribution < -0.4 is 0 Å². The molecule has 0 radical (unpaired) electrons. The third-order valence-electron chi connectivity index (χ3n) is 11.8. The first-order chi connectivity index (χ1) is 30.7.